The molecule has 0 aliphatic rings. The standard InChI is InChI=1S/C15H14N4O2/c1-9-18-13(15(20)21-2)14(16)19(9)11-7-3-5-10-6-4-8-17-12(10)11/h3-8H,16H2,1-2H3. The second kappa shape index (κ2) is 4.90. The minimum atomic E-state index is -0.553. The first kappa shape index (κ1) is 13.1. The van der Waals surface area contributed by atoms with Gasteiger partial charge in [-0.15, -0.1) is 0 Å². The molecule has 3 aromatic rings. The van der Waals surface area contributed by atoms with E-state index in [0.717, 1.165) is 16.6 Å². The lowest BCUT2D eigenvalue weighted by Crippen LogP contribution is -2.08. The lowest BCUT2D eigenvalue weighted by Gasteiger charge is -2.10. The number of imidazole rings is 1. The van der Waals surface area contributed by atoms with E-state index in [9.17, 15) is 4.79 Å². The van der Waals surface area contributed by atoms with Crippen LogP contribution in [0.25, 0.3) is 16.6 Å². The van der Waals surface area contributed by atoms with Gasteiger partial charge < -0.3 is 10.5 Å². The van der Waals surface area contributed by atoms with Crippen molar-refractivity contribution in [1.29, 1.82) is 0 Å². The number of rotatable bonds is 2. The third-order valence-electron chi connectivity index (χ3n) is 3.31. The topological polar surface area (TPSA) is 83.0 Å². The third-order valence-corrected chi connectivity index (χ3v) is 3.31. The number of aromatic nitrogens is 3. The third kappa shape index (κ3) is 2.01. The van der Waals surface area contributed by atoms with Crippen LogP contribution < -0.4 is 5.73 Å². The summed E-state index contributed by atoms with van der Waals surface area (Å²) in [5.41, 5.74) is 7.77. The number of anilines is 1. The van der Waals surface area contributed by atoms with Crippen molar-refractivity contribution in [2.24, 2.45) is 0 Å². The van der Waals surface area contributed by atoms with Crippen molar-refractivity contribution in [3.8, 4) is 5.69 Å². The number of hydrogen-bond donors (Lipinski definition) is 1. The number of aryl methyl sites for hydroxylation is 1. The summed E-state index contributed by atoms with van der Waals surface area (Å²) in [5, 5.41) is 0.988. The largest absolute Gasteiger partial charge is 0.464 e. The number of nitrogen functional groups attached to an aromatic ring is 1. The van der Waals surface area contributed by atoms with Crippen molar-refractivity contribution in [2.45, 2.75) is 6.92 Å². The molecule has 0 aliphatic carbocycles. The predicted octanol–water partition coefficient (Wildman–Crippen LogP) is 2.10. The number of para-hydroxylation sites is 1. The van der Waals surface area contributed by atoms with Crippen LogP contribution >= 0.6 is 0 Å². The molecule has 0 atom stereocenters. The van der Waals surface area contributed by atoms with Gasteiger partial charge in [0.2, 0.25) is 0 Å². The molecule has 106 valence electrons. The van der Waals surface area contributed by atoms with Gasteiger partial charge in [0.05, 0.1) is 18.3 Å². The Morgan fingerprint density at radius 2 is 2.05 bits per heavy atom. The van der Waals surface area contributed by atoms with Gasteiger partial charge in [-0.2, -0.15) is 0 Å². The highest BCUT2D eigenvalue weighted by Gasteiger charge is 2.21. The fourth-order valence-corrected chi connectivity index (χ4v) is 2.37. The van der Waals surface area contributed by atoms with Crippen molar-refractivity contribution >= 4 is 22.7 Å². The molecule has 0 bridgehead atoms. The fraction of sp³-hybridized carbons (Fsp3) is 0.133. The Balaban J connectivity index is 2.29. The second-order valence-electron chi connectivity index (χ2n) is 4.57. The Kier molecular flexibility index (Phi) is 3.06. The molecule has 0 saturated carbocycles. The molecular formula is C15H14N4O2. The van der Waals surface area contributed by atoms with E-state index in [4.69, 9.17) is 10.5 Å². The molecule has 0 fully saturated rings. The van der Waals surface area contributed by atoms with Crippen LogP contribution in [0.1, 0.15) is 16.3 Å². The molecule has 6 nitrogen and oxygen atoms in total. The summed E-state index contributed by atoms with van der Waals surface area (Å²) < 4.78 is 6.41. The Hall–Kier alpha value is -2.89. The lowest BCUT2D eigenvalue weighted by atomic mass is 10.2. The summed E-state index contributed by atoms with van der Waals surface area (Å²) in [6.07, 6.45) is 1.72. The highest BCUT2D eigenvalue weighted by atomic mass is 16.5. The van der Waals surface area contributed by atoms with Gasteiger partial charge in [-0.25, -0.2) is 9.78 Å². The van der Waals surface area contributed by atoms with E-state index in [1.54, 1.807) is 17.7 Å². The number of benzene rings is 1. The number of nitrogens with two attached hydrogens (primary N) is 1. The first-order valence-electron chi connectivity index (χ1n) is 6.40. The average Bonchev–Trinajstić information content (AvgIpc) is 2.81. The number of carbonyl (C=O) groups excluding carboxylic acids is 1. The molecule has 2 heterocycles. The molecule has 3 rings (SSSR count). The van der Waals surface area contributed by atoms with E-state index in [-0.39, 0.29) is 11.5 Å². The van der Waals surface area contributed by atoms with Crippen LogP contribution in [0.15, 0.2) is 36.5 Å². The number of carbonyl (C=O) groups is 1. The summed E-state index contributed by atoms with van der Waals surface area (Å²) in [6.45, 7) is 1.78. The maximum Gasteiger partial charge on any atom is 0.360 e. The van der Waals surface area contributed by atoms with Gasteiger partial charge in [0.25, 0.3) is 0 Å². The van der Waals surface area contributed by atoms with Gasteiger partial charge in [0.15, 0.2) is 5.69 Å². The molecule has 21 heavy (non-hydrogen) atoms. The zero-order chi connectivity index (χ0) is 15.0. The van der Waals surface area contributed by atoms with Gasteiger partial charge >= 0.3 is 5.97 Å². The molecule has 0 saturated heterocycles. The van der Waals surface area contributed by atoms with Gasteiger partial charge in [0.1, 0.15) is 11.6 Å². The number of esters is 1. The normalized spacial score (nSPS) is 10.8. The van der Waals surface area contributed by atoms with Crippen LogP contribution in [-0.4, -0.2) is 27.6 Å². The van der Waals surface area contributed by atoms with Gasteiger partial charge in [-0.05, 0) is 19.1 Å². The van der Waals surface area contributed by atoms with Crippen molar-refractivity contribution in [3.63, 3.8) is 0 Å². The van der Waals surface area contributed by atoms with E-state index in [1.165, 1.54) is 7.11 Å². The molecule has 2 N–H and O–H groups in total. The van der Waals surface area contributed by atoms with Crippen LogP contribution in [0.5, 0.6) is 0 Å². The molecule has 2 aromatic heterocycles. The second-order valence-corrected chi connectivity index (χ2v) is 4.57. The Bertz CT molecular complexity index is 834. The van der Waals surface area contributed by atoms with E-state index in [0.29, 0.717) is 5.82 Å². The minimum Gasteiger partial charge on any atom is -0.464 e. The van der Waals surface area contributed by atoms with E-state index in [1.807, 2.05) is 30.3 Å². The summed E-state index contributed by atoms with van der Waals surface area (Å²) in [7, 11) is 1.30. The van der Waals surface area contributed by atoms with Crippen molar-refractivity contribution in [1.82, 2.24) is 14.5 Å². The summed E-state index contributed by atoms with van der Waals surface area (Å²) >= 11 is 0. The molecule has 0 amide bonds. The number of pyridine rings is 1. The van der Waals surface area contributed by atoms with Crippen molar-refractivity contribution in [2.75, 3.05) is 12.8 Å². The number of nitrogens with zero attached hydrogens (tertiary/aromatic N) is 3. The molecule has 0 radical (unpaired) electrons. The highest BCUT2D eigenvalue weighted by molar-refractivity contribution is 5.94. The monoisotopic (exact) mass is 282 g/mol. The van der Waals surface area contributed by atoms with Crippen LogP contribution in [0.2, 0.25) is 0 Å². The Morgan fingerprint density at radius 1 is 1.29 bits per heavy atom. The maximum absolute atomic E-state index is 11.7. The first-order chi connectivity index (χ1) is 10.1. The van der Waals surface area contributed by atoms with Crippen molar-refractivity contribution < 1.29 is 9.53 Å². The van der Waals surface area contributed by atoms with Crippen LogP contribution in [0.3, 0.4) is 0 Å². The molecule has 0 spiro atoms. The quantitative estimate of drug-likeness (QED) is 0.728. The van der Waals surface area contributed by atoms with Gasteiger partial charge in [0, 0.05) is 11.6 Å². The molecule has 0 unspecified atom stereocenters. The Morgan fingerprint density at radius 3 is 2.81 bits per heavy atom. The average molecular weight is 282 g/mol. The number of methoxy groups -OCH3 is 1. The summed E-state index contributed by atoms with van der Waals surface area (Å²) in [4.78, 5) is 20.3. The molecular weight excluding hydrogens is 268 g/mol. The van der Waals surface area contributed by atoms with Crippen molar-refractivity contribution in [3.05, 3.63) is 48.0 Å². The van der Waals surface area contributed by atoms with Gasteiger partial charge in [-0.3, -0.25) is 9.55 Å². The molecule has 0 aliphatic heterocycles. The highest BCUT2D eigenvalue weighted by Crippen LogP contribution is 2.26. The molecule has 6 heteroatoms. The van der Waals surface area contributed by atoms with Crippen LogP contribution in [-0.2, 0) is 4.74 Å². The number of ether oxygens (including phenoxy) is 1. The minimum absolute atomic E-state index is 0.114. The number of hydrogen-bond acceptors (Lipinski definition) is 5. The summed E-state index contributed by atoms with van der Waals surface area (Å²) in [5.74, 6) is 0.297. The Labute approximate surface area is 121 Å². The van der Waals surface area contributed by atoms with Crippen LogP contribution in [0.4, 0.5) is 5.82 Å². The van der Waals surface area contributed by atoms with E-state index < -0.39 is 5.97 Å². The first-order valence-corrected chi connectivity index (χ1v) is 6.40. The smallest absolute Gasteiger partial charge is 0.360 e. The fourth-order valence-electron chi connectivity index (χ4n) is 2.37. The van der Waals surface area contributed by atoms with E-state index in [2.05, 4.69) is 9.97 Å². The number of fused-ring (bicyclic) bond motifs is 1. The van der Waals surface area contributed by atoms with Gasteiger partial charge in [-0.1, -0.05) is 18.2 Å². The van der Waals surface area contributed by atoms with E-state index >= 15 is 0 Å². The molecule has 1 aromatic carbocycles. The summed E-state index contributed by atoms with van der Waals surface area (Å²) in [6, 6.07) is 9.61. The van der Waals surface area contributed by atoms with Crippen LogP contribution in [0, 0.1) is 6.92 Å². The predicted molar refractivity (Wildman–Crippen MR) is 79.4 cm³/mol. The zero-order valence-corrected chi connectivity index (χ0v) is 11.7. The maximum atomic E-state index is 11.7. The zero-order valence-electron chi connectivity index (χ0n) is 11.7. The lowest BCUT2D eigenvalue weighted by molar-refractivity contribution is 0.0596. The SMILES string of the molecule is COC(=O)c1nc(C)n(-c2cccc3cccnc23)c1N.